The number of methoxy groups -OCH3 is 1. The summed E-state index contributed by atoms with van der Waals surface area (Å²) in [4.78, 5) is 24.6. The van der Waals surface area contributed by atoms with Gasteiger partial charge in [-0.2, -0.15) is 0 Å². The molecule has 1 aromatic heterocycles. The summed E-state index contributed by atoms with van der Waals surface area (Å²) in [5.41, 5.74) is 3.38. The fraction of sp³-hybridized carbons (Fsp3) is 0.200. The van der Waals surface area contributed by atoms with Crippen LogP contribution in [0.2, 0.25) is 0 Å². The number of hydrogen-bond acceptors (Lipinski definition) is 3. The number of nitrogens with zero attached hydrogens (tertiary/aromatic N) is 1. The predicted octanol–water partition coefficient (Wildman–Crippen LogP) is 3.27. The van der Waals surface area contributed by atoms with Crippen LogP contribution in [0.5, 0.6) is 5.75 Å². The minimum atomic E-state index is -0.169. The highest BCUT2D eigenvalue weighted by Crippen LogP contribution is 2.19. The minimum Gasteiger partial charge on any atom is -0.497 e. The number of carbonyl (C=O) groups is 1. The Labute approximate surface area is 145 Å². The molecule has 0 fully saturated rings. The molecule has 1 amide bonds. The number of carbonyl (C=O) groups excluding carboxylic acids is 1. The van der Waals surface area contributed by atoms with Gasteiger partial charge >= 0.3 is 0 Å². The molecule has 0 saturated carbocycles. The van der Waals surface area contributed by atoms with Crippen molar-refractivity contribution < 1.29 is 9.53 Å². The van der Waals surface area contributed by atoms with E-state index >= 15 is 0 Å². The molecular weight excluding hydrogens is 316 g/mol. The Morgan fingerprint density at radius 3 is 2.72 bits per heavy atom. The number of hydrogen-bond donors (Lipinski definition) is 1. The van der Waals surface area contributed by atoms with Gasteiger partial charge in [-0.3, -0.25) is 9.59 Å². The van der Waals surface area contributed by atoms with Gasteiger partial charge in [0.25, 0.3) is 0 Å². The molecule has 0 aliphatic rings. The van der Waals surface area contributed by atoms with Crippen LogP contribution in [-0.4, -0.2) is 17.6 Å². The van der Waals surface area contributed by atoms with E-state index in [1.54, 1.807) is 30.0 Å². The summed E-state index contributed by atoms with van der Waals surface area (Å²) in [6.07, 6.45) is 1.66. The highest BCUT2D eigenvalue weighted by Gasteiger charge is 2.10. The van der Waals surface area contributed by atoms with Gasteiger partial charge in [0.1, 0.15) is 12.3 Å². The molecule has 0 aliphatic heterocycles. The summed E-state index contributed by atoms with van der Waals surface area (Å²) in [5.74, 6) is 0.509. The second-order valence-electron chi connectivity index (χ2n) is 6.06. The van der Waals surface area contributed by atoms with Gasteiger partial charge in [0.05, 0.1) is 12.6 Å². The summed E-state index contributed by atoms with van der Waals surface area (Å²) in [7, 11) is 1.58. The molecule has 5 nitrogen and oxygen atoms in total. The number of aromatic nitrogens is 1. The average Bonchev–Trinajstić information content (AvgIpc) is 2.57. The van der Waals surface area contributed by atoms with Crippen LogP contribution in [0.15, 0.2) is 53.5 Å². The monoisotopic (exact) mass is 336 g/mol. The van der Waals surface area contributed by atoms with E-state index in [1.165, 1.54) is 6.07 Å². The van der Waals surface area contributed by atoms with Crippen molar-refractivity contribution in [3.63, 3.8) is 0 Å². The Balaban J connectivity index is 1.91. The Bertz CT molecular complexity index is 1010. The number of pyridine rings is 1. The van der Waals surface area contributed by atoms with E-state index in [2.05, 4.69) is 5.32 Å². The maximum Gasteiger partial charge on any atom is 0.244 e. The minimum absolute atomic E-state index is 0.0306. The van der Waals surface area contributed by atoms with Crippen LogP contribution in [0.1, 0.15) is 11.1 Å². The summed E-state index contributed by atoms with van der Waals surface area (Å²) in [6, 6.07) is 12.6. The zero-order chi connectivity index (χ0) is 18.0. The molecule has 0 saturated heterocycles. The van der Waals surface area contributed by atoms with E-state index in [4.69, 9.17) is 4.74 Å². The van der Waals surface area contributed by atoms with E-state index in [0.717, 1.165) is 16.6 Å². The molecular formula is C20H20N2O3. The van der Waals surface area contributed by atoms with Crippen LogP contribution in [0.4, 0.5) is 5.69 Å². The summed E-state index contributed by atoms with van der Waals surface area (Å²) >= 11 is 0. The number of benzene rings is 2. The van der Waals surface area contributed by atoms with E-state index in [1.807, 2.05) is 38.1 Å². The van der Waals surface area contributed by atoms with Crippen molar-refractivity contribution in [2.75, 3.05) is 12.4 Å². The predicted molar refractivity (Wildman–Crippen MR) is 99.3 cm³/mol. The SMILES string of the molecule is COc1cccc(NC(=O)Cn2ccc(=O)c3c(C)cc(C)cc32)c1. The summed E-state index contributed by atoms with van der Waals surface area (Å²) in [6.45, 7) is 4.01. The lowest BCUT2D eigenvalue weighted by Gasteiger charge is -2.13. The van der Waals surface area contributed by atoms with E-state index < -0.39 is 0 Å². The largest absolute Gasteiger partial charge is 0.497 e. The Morgan fingerprint density at radius 2 is 1.96 bits per heavy atom. The third-order valence-corrected chi connectivity index (χ3v) is 4.09. The van der Waals surface area contributed by atoms with Gasteiger partial charge in [-0.1, -0.05) is 12.1 Å². The molecule has 1 heterocycles. The smallest absolute Gasteiger partial charge is 0.244 e. The first-order chi connectivity index (χ1) is 12.0. The topological polar surface area (TPSA) is 60.3 Å². The molecule has 128 valence electrons. The first-order valence-electron chi connectivity index (χ1n) is 8.02. The van der Waals surface area contributed by atoms with E-state index in [-0.39, 0.29) is 17.9 Å². The zero-order valence-corrected chi connectivity index (χ0v) is 14.5. The molecule has 0 spiro atoms. The molecule has 0 bridgehead atoms. The van der Waals surface area contributed by atoms with Gasteiger partial charge in [0.15, 0.2) is 5.43 Å². The Hall–Kier alpha value is -3.08. The zero-order valence-electron chi connectivity index (χ0n) is 14.5. The quantitative estimate of drug-likeness (QED) is 0.795. The van der Waals surface area contributed by atoms with Gasteiger partial charge in [-0.25, -0.2) is 0 Å². The number of ether oxygens (including phenoxy) is 1. The number of rotatable bonds is 4. The third kappa shape index (κ3) is 3.55. The molecule has 0 unspecified atom stereocenters. The van der Waals surface area contributed by atoms with Crippen LogP contribution in [0, 0.1) is 13.8 Å². The molecule has 5 heteroatoms. The lowest BCUT2D eigenvalue weighted by Crippen LogP contribution is -2.20. The fourth-order valence-corrected chi connectivity index (χ4v) is 3.01. The van der Waals surface area contributed by atoms with Crippen LogP contribution in [0.25, 0.3) is 10.9 Å². The maximum absolute atomic E-state index is 12.4. The third-order valence-electron chi connectivity index (χ3n) is 4.09. The van der Waals surface area contributed by atoms with Crippen molar-refractivity contribution in [2.45, 2.75) is 20.4 Å². The molecule has 3 aromatic rings. The number of aryl methyl sites for hydroxylation is 2. The standard InChI is InChI=1S/C20H20N2O3/c1-13-9-14(2)20-17(10-13)22(8-7-18(20)23)12-19(24)21-15-5-4-6-16(11-15)25-3/h4-11H,12H2,1-3H3,(H,21,24). The summed E-state index contributed by atoms with van der Waals surface area (Å²) < 4.78 is 6.96. The number of anilines is 1. The van der Waals surface area contributed by atoms with Crippen molar-refractivity contribution in [3.8, 4) is 5.75 Å². The second kappa shape index (κ2) is 6.81. The lowest BCUT2D eigenvalue weighted by atomic mass is 10.1. The molecule has 25 heavy (non-hydrogen) atoms. The molecule has 1 N–H and O–H groups in total. The van der Waals surface area contributed by atoms with E-state index in [9.17, 15) is 9.59 Å². The average molecular weight is 336 g/mol. The van der Waals surface area contributed by atoms with Gasteiger partial charge < -0.3 is 14.6 Å². The normalized spacial score (nSPS) is 10.7. The molecule has 3 rings (SSSR count). The molecule has 0 radical (unpaired) electrons. The van der Waals surface area contributed by atoms with Crippen molar-refractivity contribution in [2.24, 2.45) is 0 Å². The van der Waals surface area contributed by atoms with Crippen LogP contribution < -0.4 is 15.5 Å². The molecule has 2 aromatic carbocycles. The van der Waals surface area contributed by atoms with Crippen molar-refractivity contribution in [1.29, 1.82) is 0 Å². The number of amides is 1. The Morgan fingerprint density at radius 1 is 1.16 bits per heavy atom. The first-order valence-corrected chi connectivity index (χ1v) is 8.02. The lowest BCUT2D eigenvalue weighted by molar-refractivity contribution is -0.116. The highest BCUT2D eigenvalue weighted by atomic mass is 16.5. The molecule has 0 atom stereocenters. The van der Waals surface area contributed by atoms with Crippen molar-refractivity contribution in [3.05, 3.63) is 70.0 Å². The van der Waals surface area contributed by atoms with Crippen LogP contribution >= 0.6 is 0 Å². The molecule has 0 aliphatic carbocycles. The van der Waals surface area contributed by atoms with Crippen molar-refractivity contribution in [1.82, 2.24) is 4.57 Å². The maximum atomic E-state index is 12.4. The van der Waals surface area contributed by atoms with Gasteiger partial charge in [0, 0.05) is 29.4 Å². The van der Waals surface area contributed by atoms with Crippen LogP contribution in [0.3, 0.4) is 0 Å². The first kappa shape index (κ1) is 16.8. The second-order valence-corrected chi connectivity index (χ2v) is 6.06. The summed E-state index contributed by atoms with van der Waals surface area (Å²) in [5, 5.41) is 3.51. The van der Waals surface area contributed by atoms with Gasteiger partial charge in [0.2, 0.25) is 5.91 Å². The van der Waals surface area contributed by atoms with Crippen molar-refractivity contribution >= 4 is 22.5 Å². The van der Waals surface area contributed by atoms with E-state index in [0.29, 0.717) is 16.8 Å². The number of fused-ring (bicyclic) bond motifs is 1. The van der Waals surface area contributed by atoms with Gasteiger partial charge in [-0.05, 0) is 43.2 Å². The Kier molecular flexibility index (Phi) is 4.57. The van der Waals surface area contributed by atoms with Gasteiger partial charge in [-0.15, -0.1) is 0 Å². The number of nitrogens with one attached hydrogen (secondary N) is 1. The highest BCUT2D eigenvalue weighted by molar-refractivity contribution is 5.92. The fourth-order valence-electron chi connectivity index (χ4n) is 3.01. The van der Waals surface area contributed by atoms with Crippen LogP contribution in [-0.2, 0) is 11.3 Å².